The molecule has 1 N–H and O–H groups in total. The molecule has 1 aromatic heterocycles. The van der Waals surface area contributed by atoms with Gasteiger partial charge in [0, 0.05) is 10.9 Å². The van der Waals surface area contributed by atoms with Crippen LogP contribution in [0.4, 0.5) is 0 Å². The first-order valence-corrected chi connectivity index (χ1v) is 8.53. The van der Waals surface area contributed by atoms with E-state index in [0.717, 1.165) is 0 Å². The molecule has 1 heterocycles. The smallest absolute Gasteiger partial charge is 0.0673 e. The van der Waals surface area contributed by atoms with Gasteiger partial charge in [0.05, 0.1) is 6.04 Å². The molecule has 0 aliphatic carbocycles. The maximum atomic E-state index is 3.80. The molecule has 0 bridgehead atoms. The molecule has 2 aromatic rings. The minimum absolute atomic E-state index is 0.327. The van der Waals surface area contributed by atoms with Crippen LogP contribution in [0.5, 0.6) is 0 Å². The highest BCUT2D eigenvalue weighted by Crippen LogP contribution is 2.26. The van der Waals surface area contributed by atoms with Crippen molar-refractivity contribution in [1.29, 1.82) is 0 Å². The summed E-state index contributed by atoms with van der Waals surface area (Å²) in [4.78, 5) is 1.40. The first-order valence-electron chi connectivity index (χ1n) is 7.65. The van der Waals surface area contributed by atoms with Gasteiger partial charge in [-0.05, 0) is 30.4 Å². The second kappa shape index (κ2) is 8.23. The SMILES string of the molecule is CCCCCC(C)NC(c1ccccc1)c1cccs1. The molecule has 0 aliphatic rings. The Hall–Kier alpha value is -1.12. The summed E-state index contributed by atoms with van der Waals surface area (Å²) in [6.07, 6.45) is 5.19. The van der Waals surface area contributed by atoms with Gasteiger partial charge in [-0.25, -0.2) is 0 Å². The van der Waals surface area contributed by atoms with E-state index in [1.165, 1.54) is 36.1 Å². The average Bonchev–Trinajstić information content (AvgIpc) is 3.00. The third-order valence-electron chi connectivity index (χ3n) is 3.65. The molecule has 20 heavy (non-hydrogen) atoms. The van der Waals surface area contributed by atoms with Crippen LogP contribution in [0, 0.1) is 0 Å². The molecule has 108 valence electrons. The molecule has 2 heteroatoms. The lowest BCUT2D eigenvalue weighted by atomic mass is 10.0. The number of nitrogens with one attached hydrogen (secondary N) is 1. The van der Waals surface area contributed by atoms with Gasteiger partial charge in [-0.1, -0.05) is 62.6 Å². The van der Waals surface area contributed by atoms with Crippen molar-refractivity contribution in [1.82, 2.24) is 5.32 Å². The lowest BCUT2D eigenvalue weighted by Gasteiger charge is -2.23. The molecule has 0 aliphatic heterocycles. The Kier molecular flexibility index (Phi) is 6.28. The first kappa shape index (κ1) is 15.3. The van der Waals surface area contributed by atoms with Gasteiger partial charge in [-0.15, -0.1) is 11.3 Å². The van der Waals surface area contributed by atoms with Gasteiger partial charge >= 0.3 is 0 Å². The Morgan fingerprint density at radius 1 is 1.05 bits per heavy atom. The standard InChI is InChI=1S/C18H25NS/c1-3-4-6-10-15(2)19-18(17-13-9-14-20-17)16-11-7-5-8-12-16/h5,7-9,11-15,18-19H,3-4,6,10H2,1-2H3. The van der Waals surface area contributed by atoms with Crippen LogP contribution in [0.25, 0.3) is 0 Å². The van der Waals surface area contributed by atoms with E-state index in [-0.39, 0.29) is 0 Å². The number of hydrogen-bond donors (Lipinski definition) is 1. The van der Waals surface area contributed by atoms with Crippen LogP contribution in [0.1, 0.15) is 56.0 Å². The van der Waals surface area contributed by atoms with Gasteiger partial charge in [0.1, 0.15) is 0 Å². The Balaban J connectivity index is 2.04. The van der Waals surface area contributed by atoms with Gasteiger partial charge < -0.3 is 5.32 Å². The fourth-order valence-corrected chi connectivity index (χ4v) is 3.32. The van der Waals surface area contributed by atoms with Crippen LogP contribution < -0.4 is 5.32 Å². The monoisotopic (exact) mass is 287 g/mol. The van der Waals surface area contributed by atoms with E-state index >= 15 is 0 Å². The zero-order valence-corrected chi connectivity index (χ0v) is 13.3. The van der Waals surface area contributed by atoms with Gasteiger partial charge in [0.25, 0.3) is 0 Å². The van der Waals surface area contributed by atoms with Crippen molar-refractivity contribution >= 4 is 11.3 Å². The number of unbranched alkanes of at least 4 members (excludes halogenated alkanes) is 2. The summed E-state index contributed by atoms with van der Waals surface area (Å²) in [7, 11) is 0. The van der Waals surface area contributed by atoms with Crippen LogP contribution in [0.15, 0.2) is 47.8 Å². The Morgan fingerprint density at radius 3 is 2.50 bits per heavy atom. The zero-order valence-electron chi connectivity index (χ0n) is 12.5. The second-order valence-corrected chi connectivity index (χ2v) is 6.40. The van der Waals surface area contributed by atoms with Crippen molar-refractivity contribution in [2.75, 3.05) is 0 Å². The van der Waals surface area contributed by atoms with Crippen molar-refractivity contribution in [3.8, 4) is 0 Å². The molecule has 2 atom stereocenters. The second-order valence-electron chi connectivity index (χ2n) is 5.42. The molecule has 0 fully saturated rings. The minimum Gasteiger partial charge on any atom is -0.303 e. The summed E-state index contributed by atoms with van der Waals surface area (Å²) in [5, 5.41) is 5.97. The van der Waals surface area contributed by atoms with Crippen LogP contribution in [-0.2, 0) is 0 Å². The first-order chi connectivity index (χ1) is 9.81. The molecular formula is C18H25NS. The molecule has 0 radical (unpaired) electrons. The molecule has 1 aromatic carbocycles. The predicted octanol–water partition coefficient (Wildman–Crippen LogP) is 5.40. The van der Waals surface area contributed by atoms with Crippen molar-refractivity contribution in [3.63, 3.8) is 0 Å². The van der Waals surface area contributed by atoms with Crippen molar-refractivity contribution in [2.45, 2.75) is 51.6 Å². The van der Waals surface area contributed by atoms with Gasteiger partial charge in [0.15, 0.2) is 0 Å². The largest absolute Gasteiger partial charge is 0.303 e. The fraction of sp³-hybridized carbons (Fsp3) is 0.444. The van der Waals surface area contributed by atoms with E-state index in [0.29, 0.717) is 12.1 Å². The summed E-state index contributed by atoms with van der Waals surface area (Å²) in [5.74, 6) is 0. The summed E-state index contributed by atoms with van der Waals surface area (Å²) in [5.41, 5.74) is 1.36. The Bertz CT molecular complexity index is 463. The zero-order chi connectivity index (χ0) is 14.2. The van der Waals surface area contributed by atoms with Crippen LogP contribution in [0.3, 0.4) is 0 Å². The summed E-state index contributed by atoms with van der Waals surface area (Å²) < 4.78 is 0. The molecule has 0 spiro atoms. The number of benzene rings is 1. The van der Waals surface area contributed by atoms with Gasteiger partial charge in [0.2, 0.25) is 0 Å². The topological polar surface area (TPSA) is 12.0 Å². The highest BCUT2D eigenvalue weighted by molar-refractivity contribution is 7.10. The van der Waals surface area contributed by atoms with Crippen LogP contribution >= 0.6 is 11.3 Å². The minimum atomic E-state index is 0.327. The van der Waals surface area contributed by atoms with E-state index in [1.807, 2.05) is 11.3 Å². The molecule has 0 saturated carbocycles. The molecule has 1 nitrogen and oxygen atoms in total. The Labute approximate surface area is 127 Å². The number of rotatable bonds is 8. The van der Waals surface area contributed by atoms with Crippen molar-refractivity contribution in [3.05, 3.63) is 58.3 Å². The Morgan fingerprint density at radius 2 is 1.85 bits per heavy atom. The van der Waals surface area contributed by atoms with Gasteiger partial charge in [-0.2, -0.15) is 0 Å². The summed E-state index contributed by atoms with van der Waals surface area (Å²) in [6.45, 7) is 4.57. The summed E-state index contributed by atoms with van der Waals surface area (Å²) in [6, 6.07) is 16.0. The third kappa shape index (κ3) is 4.46. The lowest BCUT2D eigenvalue weighted by molar-refractivity contribution is 0.457. The average molecular weight is 287 g/mol. The van der Waals surface area contributed by atoms with E-state index in [2.05, 4.69) is 67.0 Å². The number of hydrogen-bond acceptors (Lipinski definition) is 2. The summed E-state index contributed by atoms with van der Waals surface area (Å²) >= 11 is 1.83. The van der Waals surface area contributed by atoms with Crippen molar-refractivity contribution in [2.24, 2.45) is 0 Å². The van der Waals surface area contributed by atoms with E-state index in [1.54, 1.807) is 0 Å². The highest BCUT2D eigenvalue weighted by Gasteiger charge is 2.16. The van der Waals surface area contributed by atoms with E-state index in [9.17, 15) is 0 Å². The van der Waals surface area contributed by atoms with Gasteiger partial charge in [-0.3, -0.25) is 0 Å². The van der Waals surface area contributed by atoms with Crippen LogP contribution in [0.2, 0.25) is 0 Å². The number of thiophene rings is 1. The quantitative estimate of drug-likeness (QED) is 0.641. The fourth-order valence-electron chi connectivity index (χ4n) is 2.51. The van der Waals surface area contributed by atoms with E-state index in [4.69, 9.17) is 0 Å². The molecule has 0 saturated heterocycles. The molecule has 2 unspecified atom stereocenters. The molecule has 0 amide bonds. The van der Waals surface area contributed by atoms with E-state index < -0.39 is 0 Å². The van der Waals surface area contributed by atoms with Crippen LogP contribution in [-0.4, -0.2) is 6.04 Å². The predicted molar refractivity (Wildman–Crippen MR) is 89.3 cm³/mol. The maximum absolute atomic E-state index is 3.80. The normalized spacial score (nSPS) is 14.1. The third-order valence-corrected chi connectivity index (χ3v) is 4.59. The molecule has 2 rings (SSSR count). The van der Waals surface area contributed by atoms with Crippen molar-refractivity contribution < 1.29 is 0 Å². The highest BCUT2D eigenvalue weighted by atomic mass is 32.1. The lowest BCUT2D eigenvalue weighted by Crippen LogP contribution is -2.30. The molecular weight excluding hydrogens is 262 g/mol. The maximum Gasteiger partial charge on any atom is 0.0673 e.